The van der Waals surface area contributed by atoms with Crippen LogP contribution < -0.4 is 0 Å². The Bertz CT molecular complexity index is 367. The van der Waals surface area contributed by atoms with E-state index in [4.69, 9.17) is 9.47 Å². The molecular formula is C16H27NO4. The van der Waals surface area contributed by atoms with Crippen LogP contribution in [0.25, 0.3) is 0 Å². The zero-order valence-corrected chi connectivity index (χ0v) is 13.2. The van der Waals surface area contributed by atoms with E-state index < -0.39 is 0 Å². The molecule has 5 nitrogen and oxygen atoms in total. The van der Waals surface area contributed by atoms with Crippen molar-refractivity contribution in [3.63, 3.8) is 0 Å². The van der Waals surface area contributed by atoms with Gasteiger partial charge in [-0.15, -0.1) is 0 Å². The predicted octanol–water partition coefficient (Wildman–Crippen LogP) is 2.65. The van der Waals surface area contributed by atoms with E-state index in [1.54, 1.807) is 6.92 Å². The predicted molar refractivity (Wildman–Crippen MR) is 80.6 cm³/mol. The average Bonchev–Trinajstić information content (AvgIpc) is 2.66. The van der Waals surface area contributed by atoms with Crippen LogP contribution in [-0.2, 0) is 19.1 Å². The van der Waals surface area contributed by atoms with Crippen molar-refractivity contribution in [2.24, 2.45) is 0 Å². The van der Waals surface area contributed by atoms with Gasteiger partial charge in [0.1, 0.15) is 6.23 Å². The summed E-state index contributed by atoms with van der Waals surface area (Å²) in [5, 5.41) is 0. The van der Waals surface area contributed by atoms with Gasteiger partial charge in [0.05, 0.1) is 6.61 Å². The molecule has 1 unspecified atom stereocenters. The summed E-state index contributed by atoms with van der Waals surface area (Å²) >= 11 is 0. The van der Waals surface area contributed by atoms with Gasteiger partial charge in [-0.1, -0.05) is 13.0 Å². The Labute approximate surface area is 127 Å². The molecule has 0 bridgehead atoms. The van der Waals surface area contributed by atoms with Crippen molar-refractivity contribution in [3.05, 3.63) is 12.2 Å². The molecule has 0 spiro atoms. The van der Waals surface area contributed by atoms with Gasteiger partial charge in [0, 0.05) is 25.1 Å². The molecule has 21 heavy (non-hydrogen) atoms. The van der Waals surface area contributed by atoms with Gasteiger partial charge >= 0.3 is 5.97 Å². The summed E-state index contributed by atoms with van der Waals surface area (Å²) in [5.74, 6) is -0.158. The van der Waals surface area contributed by atoms with Crippen molar-refractivity contribution in [1.29, 1.82) is 0 Å². The van der Waals surface area contributed by atoms with E-state index >= 15 is 0 Å². The summed E-state index contributed by atoms with van der Waals surface area (Å²) < 4.78 is 10.7. The number of unbranched alkanes of at least 4 members (excludes halogenated alkanes) is 1. The number of amides is 1. The second-order valence-electron chi connectivity index (χ2n) is 5.49. The summed E-state index contributed by atoms with van der Waals surface area (Å²) in [6.07, 6.45) is 5.16. The van der Waals surface area contributed by atoms with E-state index in [1.807, 2.05) is 11.8 Å². The number of hydrogen-bond acceptors (Lipinski definition) is 4. The molecule has 1 rings (SSSR count). The molecule has 0 radical (unpaired) electrons. The van der Waals surface area contributed by atoms with Crippen LogP contribution in [0.2, 0.25) is 0 Å². The molecule has 1 atom stereocenters. The molecular weight excluding hydrogens is 270 g/mol. The Morgan fingerprint density at radius 2 is 2.00 bits per heavy atom. The Morgan fingerprint density at radius 3 is 2.71 bits per heavy atom. The van der Waals surface area contributed by atoms with Crippen LogP contribution in [0.4, 0.5) is 0 Å². The minimum Gasteiger partial charge on any atom is -0.462 e. The summed E-state index contributed by atoms with van der Waals surface area (Å²) in [6.45, 7) is 8.81. The molecule has 1 aliphatic heterocycles. The molecule has 1 saturated heterocycles. The fraction of sp³-hybridized carbons (Fsp3) is 0.750. The lowest BCUT2D eigenvalue weighted by atomic mass is 10.2. The van der Waals surface area contributed by atoms with Crippen LogP contribution >= 0.6 is 0 Å². The first kappa shape index (κ1) is 17.7. The molecule has 0 aliphatic carbocycles. The summed E-state index contributed by atoms with van der Waals surface area (Å²) in [6, 6.07) is 0. The second kappa shape index (κ2) is 9.55. The number of carbonyl (C=O) groups is 2. The summed E-state index contributed by atoms with van der Waals surface area (Å²) in [4.78, 5) is 24.9. The highest BCUT2D eigenvalue weighted by atomic mass is 16.5. The molecule has 1 amide bonds. The SMILES string of the molecule is C=C(C)C(=O)OCCCCOC(C)N1CCCCCC1=O. The van der Waals surface area contributed by atoms with Crippen LogP contribution in [0, 0.1) is 0 Å². The van der Waals surface area contributed by atoms with Crippen LogP contribution in [-0.4, -0.2) is 42.8 Å². The lowest BCUT2D eigenvalue weighted by Gasteiger charge is -2.27. The van der Waals surface area contributed by atoms with Crippen molar-refractivity contribution in [2.75, 3.05) is 19.8 Å². The van der Waals surface area contributed by atoms with Crippen LogP contribution in [0.3, 0.4) is 0 Å². The van der Waals surface area contributed by atoms with Crippen molar-refractivity contribution >= 4 is 11.9 Å². The maximum Gasteiger partial charge on any atom is 0.333 e. The number of hydrogen-bond donors (Lipinski definition) is 0. The molecule has 120 valence electrons. The van der Waals surface area contributed by atoms with Gasteiger partial charge in [-0.05, 0) is 39.5 Å². The van der Waals surface area contributed by atoms with Gasteiger partial charge in [0.2, 0.25) is 5.91 Å². The summed E-state index contributed by atoms with van der Waals surface area (Å²) in [5.41, 5.74) is 0.416. The van der Waals surface area contributed by atoms with E-state index in [0.29, 0.717) is 25.2 Å². The fourth-order valence-corrected chi connectivity index (χ4v) is 2.22. The van der Waals surface area contributed by atoms with Gasteiger partial charge in [-0.2, -0.15) is 0 Å². The van der Waals surface area contributed by atoms with Crippen molar-refractivity contribution in [2.45, 2.75) is 58.6 Å². The van der Waals surface area contributed by atoms with Gasteiger partial charge < -0.3 is 14.4 Å². The minimum absolute atomic E-state index is 0.173. The van der Waals surface area contributed by atoms with Crippen molar-refractivity contribution < 1.29 is 19.1 Å². The molecule has 0 aromatic carbocycles. The van der Waals surface area contributed by atoms with Crippen LogP contribution in [0.1, 0.15) is 52.4 Å². The van der Waals surface area contributed by atoms with Gasteiger partial charge in [-0.3, -0.25) is 4.79 Å². The Hall–Kier alpha value is -1.36. The highest BCUT2D eigenvalue weighted by Gasteiger charge is 2.21. The quantitative estimate of drug-likeness (QED) is 0.392. The molecule has 0 saturated carbocycles. The maximum atomic E-state index is 11.9. The fourth-order valence-electron chi connectivity index (χ4n) is 2.22. The topological polar surface area (TPSA) is 55.8 Å². The molecule has 0 aromatic heterocycles. The number of nitrogens with zero attached hydrogens (tertiary/aromatic N) is 1. The minimum atomic E-state index is -0.348. The molecule has 1 aliphatic rings. The zero-order chi connectivity index (χ0) is 15.7. The smallest absolute Gasteiger partial charge is 0.333 e. The maximum absolute atomic E-state index is 11.9. The third-order valence-corrected chi connectivity index (χ3v) is 3.53. The van der Waals surface area contributed by atoms with Gasteiger partial charge in [0.25, 0.3) is 0 Å². The highest BCUT2D eigenvalue weighted by molar-refractivity contribution is 5.86. The van der Waals surface area contributed by atoms with E-state index in [-0.39, 0.29) is 18.1 Å². The molecule has 5 heteroatoms. The van der Waals surface area contributed by atoms with Gasteiger partial charge in [0.15, 0.2) is 0 Å². The third kappa shape index (κ3) is 6.76. The lowest BCUT2D eigenvalue weighted by molar-refractivity contribution is -0.144. The Balaban J connectivity index is 2.12. The van der Waals surface area contributed by atoms with E-state index in [2.05, 4.69) is 6.58 Å². The molecule has 1 fully saturated rings. The van der Waals surface area contributed by atoms with Gasteiger partial charge in [-0.25, -0.2) is 4.79 Å². The monoisotopic (exact) mass is 297 g/mol. The zero-order valence-electron chi connectivity index (χ0n) is 13.2. The van der Waals surface area contributed by atoms with E-state index in [1.165, 1.54) is 0 Å². The number of carbonyl (C=O) groups excluding carboxylic acids is 2. The Kier molecular flexibility index (Phi) is 8.05. The highest BCUT2D eigenvalue weighted by Crippen LogP contribution is 2.14. The number of esters is 1. The largest absolute Gasteiger partial charge is 0.462 e. The van der Waals surface area contributed by atoms with Crippen LogP contribution in [0.15, 0.2) is 12.2 Å². The molecule has 0 N–H and O–H groups in total. The lowest BCUT2D eigenvalue weighted by Crippen LogP contribution is -2.40. The normalized spacial score (nSPS) is 17.2. The second-order valence-corrected chi connectivity index (χ2v) is 5.49. The first-order valence-electron chi connectivity index (χ1n) is 7.76. The Morgan fingerprint density at radius 1 is 1.29 bits per heavy atom. The summed E-state index contributed by atoms with van der Waals surface area (Å²) in [7, 11) is 0. The number of ether oxygens (including phenoxy) is 2. The van der Waals surface area contributed by atoms with E-state index in [0.717, 1.165) is 38.6 Å². The first-order chi connectivity index (χ1) is 10.0. The number of rotatable bonds is 8. The van der Waals surface area contributed by atoms with Crippen LogP contribution in [0.5, 0.6) is 0 Å². The van der Waals surface area contributed by atoms with Crippen molar-refractivity contribution in [1.82, 2.24) is 4.90 Å². The molecule has 0 aromatic rings. The van der Waals surface area contributed by atoms with Crippen molar-refractivity contribution in [3.8, 4) is 0 Å². The third-order valence-electron chi connectivity index (χ3n) is 3.53. The van der Waals surface area contributed by atoms with E-state index in [9.17, 15) is 9.59 Å². The average molecular weight is 297 g/mol. The first-order valence-corrected chi connectivity index (χ1v) is 7.76. The standard InChI is InChI=1S/C16H27NO4/c1-13(2)16(19)21-12-8-7-11-20-14(3)17-10-6-4-5-9-15(17)18/h14H,1,4-12H2,2-3H3. The molecule has 1 heterocycles. The number of likely N-dealkylation sites (tertiary alicyclic amines) is 1.